The van der Waals surface area contributed by atoms with Gasteiger partial charge in [-0.15, -0.1) is 0 Å². The average Bonchev–Trinajstić information content (AvgIpc) is 1.92. The van der Waals surface area contributed by atoms with Gasteiger partial charge >= 0.3 is 6.18 Å². The van der Waals surface area contributed by atoms with Crippen molar-refractivity contribution in [1.82, 2.24) is 4.98 Å². The summed E-state index contributed by atoms with van der Waals surface area (Å²) in [6.07, 6.45) is -3.17. The molecule has 1 rings (SSSR count). The third-order valence-corrected chi connectivity index (χ3v) is 2.37. The van der Waals surface area contributed by atoms with Gasteiger partial charge in [-0.25, -0.2) is 0 Å². The SMILES string of the molecule is Cc1nccc(C(F)(F)F)c1Br. The van der Waals surface area contributed by atoms with Gasteiger partial charge in [0, 0.05) is 6.20 Å². The zero-order valence-electron chi connectivity index (χ0n) is 6.11. The highest BCUT2D eigenvalue weighted by molar-refractivity contribution is 9.10. The molecule has 0 atom stereocenters. The van der Waals surface area contributed by atoms with Crippen molar-refractivity contribution in [3.8, 4) is 0 Å². The van der Waals surface area contributed by atoms with Crippen LogP contribution < -0.4 is 0 Å². The Morgan fingerprint density at radius 3 is 2.42 bits per heavy atom. The first-order chi connectivity index (χ1) is 5.43. The van der Waals surface area contributed by atoms with Crippen LogP contribution in [0, 0.1) is 6.92 Å². The van der Waals surface area contributed by atoms with E-state index in [2.05, 4.69) is 20.9 Å². The molecule has 1 aromatic rings. The van der Waals surface area contributed by atoms with Gasteiger partial charge < -0.3 is 0 Å². The molecule has 0 bridgehead atoms. The highest BCUT2D eigenvalue weighted by Gasteiger charge is 2.33. The van der Waals surface area contributed by atoms with Gasteiger partial charge in [0.1, 0.15) is 0 Å². The third kappa shape index (κ3) is 1.77. The zero-order chi connectivity index (χ0) is 9.35. The normalized spacial score (nSPS) is 11.8. The van der Waals surface area contributed by atoms with Crippen LogP contribution in [0.2, 0.25) is 0 Å². The summed E-state index contributed by atoms with van der Waals surface area (Å²) < 4.78 is 36.5. The van der Waals surface area contributed by atoms with E-state index in [9.17, 15) is 13.2 Å². The lowest BCUT2D eigenvalue weighted by atomic mass is 10.2. The monoisotopic (exact) mass is 239 g/mol. The van der Waals surface area contributed by atoms with Gasteiger partial charge in [0.2, 0.25) is 0 Å². The van der Waals surface area contributed by atoms with Crippen LogP contribution in [-0.2, 0) is 6.18 Å². The molecular weight excluding hydrogens is 235 g/mol. The van der Waals surface area contributed by atoms with Crippen LogP contribution in [0.1, 0.15) is 11.3 Å². The topological polar surface area (TPSA) is 12.9 Å². The predicted octanol–water partition coefficient (Wildman–Crippen LogP) is 3.17. The fourth-order valence-corrected chi connectivity index (χ4v) is 1.23. The molecule has 0 aliphatic heterocycles. The number of aromatic nitrogens is 1. The molecule has 0 spiro atoms. The molecule has 0 N–H and O–H groups in total. The Morgan fingerprint density at radius 2 is 2.00 bits per heavy atom. The van der Waals surface area contributed by atoms with Gasteiger partial charge in [0.05, 0.1) is 15.7 Å². The number of halogens is 4. The Hall–Kier alpha value is -0.580. The molecule has 0 aliphatic carbocycles. The minimum atomic E-state index is -4.31. The summed E-state index contributed by atoms with van der Waals surface area (Å²) in [6, 6.07) is 0.942. The van der Waals surface area contributed by atoms with Crippen molar-refractivity contribution in [3.63, 3.8) is 0 Å². The van der Waals surface area contributed by atoms with Crippen molar-refractivity contribution in [1.29, 1.82) is 0 Å². The van der Waals surface area contributed by atoms with Crippen molar-refractivity contribution in [2.45, 2.75) is 13.1 Å². The fourth-order valence-electron chi connectivity index (χ4n) is 0.767. The molecule has 0 radical (unpaired) electrons. The minimum Gasteiger partial charge on any atom is -0.260 e. The Bertz CT molecular complexity index is 295. The molecule has 0 amide bonds. The van der Waals surface area contributed by atoms with Crippen LogP contribution in [-0.4, -0.2) is 4.98 Å². The van der Waals surface area contributed by atoms with E-state index in [0.717, 1.165) is 12.3 Å². The van der Waals surface area contributed by atoms with Crippen molar-refractivity contribution >= 4 is 15.9 Å². The maximum atomic E-state index is 12.2. The molecule has 0 aromatic carbocycles. The minimum absolute atomic E-state index is 0.0116. The van der Waals surface area contributed by atoms with E-state index in [1.54, 1.807) is 0 Å². The molecule has 12 heavy (non-hydrogen) atoms. The molecule has 0 saturated heterocycles. The number of hydrogen-bond acceptors (Lipinski definition) is 1. The van der Waals surface area contributed by atoms with Crippen LogP contribution in [0.15, 0.2) is 16.7 Å². The lowest BCUT2D eigenvalue weighted by molar-refractivity contribution is -0.138. The summed E-state index contributed by atoms with van der Waals surface area (Å²) in [4.78, 5) is 3.71. The Balaban J connectivity index is 3.26. The molecule has 5 heteroatoms. The van der Waals surface area contributed by atoms with Crippen molar-refractivity contribution in [2.24, 2.45) is 0 Å². The van der Waals surface area contributed by atoms with E-state index in [0.29, 0.717) is 5.69 Å². The molecule has 0 unspecified atom stereocenters. The molecule has 1 heterocycles. The van der Waals surface area contributed by atoms with Gasteiger partial charge in [-0.05, 0) is 28.9 Å². The average molecular weight is 240 g/mol. The lowest BCUT2D eigenvalue weighted by Crippen LogP contribution is -2.07. The number of aryl methyl sites for hydroxylation is 1. The van der Waals surface area contributed by atoms with Crippen LogP contribution in [0.4, 0.5) is 13.2 Å². The third-order valence-electron chi connectivity index (χ3n) is 1.37. The van der Waals surface area contributed by atoms with Gasteiger partial charge in [-0.3, -0.25) is 4.98 Å². The summed E-state index contributed by atoms with van der Waals surface area (Å²) in [5.41, 5.74) is -0.347. The number of hydrogen-bond donors (Lipinski definition) is 0. The molecule has 0 aliphatic rings. The summed E-state index contributed by atoms with van der Waals surface area (Å²) >= 11 is 2.83. The molecule has 66 valence electrons. The molecule has 0 fully saturated rings. The first-order valence-corrected chi connectivity index (χ1v) is 3.90. The van der Waals surface area contributed by atoms with E-state index in [4.69, 9.17) is 0 Å². The molecule has 1 nitrogen and oxygen atoms in total. The van der Waals surface area contributed by atoms with Crippen LogP contribution in [0.25, 0.3) is 0 Å². The second kappa shape index (κ2) is 3.05. The van der Waals surface area contributed by atoms with E-state index in [1.165, 1.54) is 6.92 Å². The highest BCUT2D eigenvalue weighted by Crippen LogP contribution is 2.35. The van der Waals surface area contributed by atoms with E-state index < -0.39 is 11.7 Å². The first-order valence-electron chi connectivity index (χ1n) is 3.11. The second-order valence-corrected chi connectivity index (χ2v) is 3.05. The number of pyridine rings is 1. The van der Waals surface area contributed by atoms with Crippen LogP contribution in [0.3, 0.4) is 0 Å². The molecular formula is C7H5BrF3N. The standard InChI is InChI=1S/C7H5BrF3N/c1-4-6(8)5(2-3-12-4)7(9,10)11/h2-3H,1H3. The predicted molar refractivity (Wildman–Crippen MR) is 41.7 cm³/mol. The summed E-state index contributed by atoms with van der Waals surface area (Å²) in [5, 5.41) is 0. The van der Waals surface area contributed by atoms with Gasteiger partial charge in [-0.1, -0.05) is 0 Å². The van der Waals surface area contributed by atoms with Gasteiger partial charge in [-0.2, -0.15) is 13.2 Å². The van der Waals surface area contributed by atoms with Gasteiger partial charge in [0.25, 0.3) is 0 Å². The maximum absolute atomic E-state index is 12.2. The van der Waals surface area contributed by atoms with Crippen LogP contribution >= 0.6 is 15.9 Å². The number of nitrogens with zero attached hydrogens (tertiary/aromatic N) is 1. The summed E-state index contributed by atoms with van der Waals surface area (Å²) in [6.45, 7) is 1.51. The first kappa shape index (κ1) is 9.51. The molecule has 0 saturated carbocycles. The van der Waals surface area contributed by atoms with E-state index in [1.807, 2.05) is 0 Å². The number of alkyl halides is 3. The second-order valence-electron chi connectivity index (χ2n) is 2.26. The fraction of sp³-hybridized carbons (Fsp3) is 0.286. The van der Waals surface area contributed by atoms with Crippen molar-refractivity contribution in [2.75, 3.05) is 0 Å². The van der Waals surface area contributed by atoms with Crippen molar-refractivity contribution in [3.05, 3.63) is 28.0 Å². The highest BCUT2D eigenvalue weighted by atomic mass is 79.9. The maximum Gasteiger partial charge on any atom is 0.417 e. The lowest BCUT2D eigenvalue weighted by Gasteiger charge is -2.09. The smallest absolute Gasteiger partial charge is 0.260 e. The largest absolute Gasteiger partial charge is 0.417 e. The summed E-state index contributed by atoms with van der Waals surface area (Å²) in [7, 11) is 0. The van der Waals surface area contributed by atoms with Crippen LogP contribution in [0.5, 0.6) is 0 Å². The van der Waals surface area contributed by atoms with E-state index in [-0.39, 0.29) is 4.47 Å². The Kier molecular flexibility index (Phi) is 2.41. The van der Waals surface area contributed by atoms with E-state index >= 15 is 0 Å². The molecule has 1 aromatic heterocycles. The Labute approximate surface area is 75.7 Å². The van der Waals surface area contributed by atoms with Crippen molar-refractivity contribution < 1.29 is 13.2 Å². The quantitative estimate of drug-likeness (QED) is 0.678. The van der Waals surface area contributed by atoms with Gasteiger partial charge in [0.15, 0.2) is 0 Å². The number of rotatable bonds is 0. The Morgan fingerprint density at radius 1 is 1.42 bits per heavy atom. The summed E-state index contributed by atoms with van der Waals surface area (Å²) in [5.74, 6) is 0. The zero-order valence-corrected chi connectivity index (χ0v) is 7.70.